The first-order valence-corrected chi connectivity index (χ1v) is 19.4. The molecule has 3 fully saturated rings. The molecule has 3 aliphatic rings. The number of imidazole rings is 2. The van der Waals surface area contributed by atoms with Gasteiger partial charge in [0.15, 0.2) is 12.8 Å². The number of benzene rings is 2. The fourth-order valence-electron chi connectivity index (χ4n) is 7.69. The average molecular weight is 751 g/mol. The second-order valence-corrected chi connectivity index (χ2v) is 15.7. The van der Waals surface area contributed by atoms with E-state index in [1.165, 1.54) is 0 Å². The van der Waals surface area contributed by atoms with Crippen molar-refractivity contribution in [2.24, 2.45) is 11.8 Å². The van der Waals surface area contributed by atoms with Gasteiger partial charge in [-0.15, -0.1) is 0 Å². The van der Waals surface area contributed by atoms with Gasteiger partial charge in [-0.2, -0.15) is 0 Å². The molecule has 14 heteroatoms. The molecule has 55 heavy (non-hydrogen) atoms. The van der Waals surface area contributed by atoms with Crippen LogP contribution in [0.25, 0.3) is 33.6 Å². The number of aromatic amines is 2. The number of guanidine groups is 1. The molecule has 0 bridgehead atoms. The van der Waals surface area contributed by atoms with Gasteiger partial charge >= 0.3 is 0 Å². The molecule has 0 unspecified atom stereocenters. The number of nitrogens with one attached hydrogen (secondary N) is 5. The average Bonchev–Trinajstić information content (AvgIpc) is 3.99. The lowest BCUT2D eigenvalue weighted by atomic mass is 10.0. The Hall–Kier alpha value is -5.05. The first kappa shape index (κ1) is 38.2. The zero-order valence-corrected chi connectivity index (χ0v) is 32.6. The maximum Gasteiger partial charge on any atom is 0.246 e. The summed E-state index contributed by atoms with van der Waals surface area (Å²) in [6, 6.07) is 15.7. The predicted octanol–water partition coefficient (Wildman–Crippen LogP) is 5.47. The standard InChI is InChI=1S/C41H54N10O4/c1-24(2)34(47-40(42)49(5)6)38(52)50-19-7-9-32(50)36-43-21-30(45-36)28-15-11-26(12-16-28)27-13-17-29(18-14-27)31-22-44-37(46-31)33-10-8-20-51(33)39(53)35(25(3)4)48-41-54-23-55-41/h11-18,21-22,24-25,32-35,41,48H,7-10,19-20,23H2,1-6H3,(H2,42,47)(H,43,45)(H,44,46)/t32-,33-,34-,35-/m0/s1. The van der Waals surface area contributed by atoms with Crippen LogP contribution in [0, 0.1) is 17.2 Å². The molecule has 14 nitrogen and oxygen atoms in total. The van der Waals surface area contributed by atoms with E-state index >= 15 is 0 Å². The summed E-state index contributed by atoms with van der Waals surface area (Å²) in [6.45, 7) is 9.65. The summed E-state index contributed by atoms with van der Waals surface area (Å²) >= 11 is 0. The summed E-state index contributed by atoms with van der Waals surface area (Å²) in [5.41, 5.74) is 6.03. The van der Waals surface area contributed by atoms with Crippen LogP contribution in [0.5, 0.6) is 0 Å². The van der Waals surface area contributed by atoms with Crippen molar-refractivity contribution in [1.29, 1.82) is 5.41 Å². The summed E-state index contributed by atoms with van der Waals surface area (Å²) in [7, 11) is 3.59. The summed E-state index contributed by atoms with van der Waals surface area (Å²) in [5.74, 6) is 1.93. The van der Waals surface area contributed by atoms with E-state index in [4.69, 9.17) is 24.9 Å². The maximum absolute atomic E-state index is 13.7. The fraction of sp³-hybridized carbons (Fsp3) is 0.488. The number of hydrogen-bond acceptors (Lipinski definition) is 8. The van der Waals surface area contributed by atoms with Crippen LogP contribution in [-0.4, -0.2) is 105 Å². The molecule has 0 saturated carbocycles. The Kier molecular flexibility index (Phi) is 11.4. The summed E-state index contributed by atoms with van der Waals surface area (Å²) in [4.78, 5) is 49.4. The maximum atomic E-state index is 13.7. The Morgan fingerprint density at radius 3 is 1.58 bits per heavy atom. The highest BCUT2D eigenvalue weighted by atomic mass is 16.9. The monoisotopic (exact) mass is 750 g/mol. The number of nitrogens with zero attached hydrogens (tertiary/aromatic N) is 5. The molecule has 3 saturated heterocycles. The minimum atomic E-state index is -0.538. The molecule has 2 aromatic heterocycles. The number of H-pyrrole nitrogens is 2. The Bertz CT molecular complexity index is 1950. The first-order valence-electron chi connectivity index (χ1n) is 19.4. The smallest absolute Gasteiger partial charge is 0.246 e. The van der Waals surface area contributed by atoms with Gasteiger partial charge in [0.05, 0.1) is 41.9 Å². The van der Waals surface area contributed by atoms with E-state index in [0.717, 1.165) is 71.0 Å². The third-order valence-corrected chi connectivity index (χ3v) is 11.0. The molecule has 7 rings (SSSR count). The van der Waals surface area contributed by atoms with E-state index in [-0.39, 0.29) is 48.5 Å². The quantitative estimate of drug-likeness (QED) is 0.0932. The number of amides is 2. The lowest BCUT2D eigenvalue weighted by Gasteiger charge is -2.35. The van der Waals surface area contributed by atoms with Gasteiger partial charge in [-0.3, -0.25) is 20.3 Å². The van der Waals surface area contributed by atoms with Crippen molar-refractivity contribution in [1.82, 2.24) is 45.3 Å². The minimum absolute atomic E-state index is 0.00270. The van der Waals surface area contributed by atoms with Crippen LogP contribution in [0.4, 0.5) is 0 Å². The number of hydrogen-bond donors (Lipinski definition) is 5. The van der Waals surface area contributed by atoms with Gasteiger partial charge in [-0.1, -0.05) is 76.2 Å². The molecule has 292 valence electrons. The SMILES string of the molecule is CC(C)[C@H](NC(=N)N(C)C)C(=O)N1CCC[C@H]1c1ncc(-c2ccc(-c3ccc(-c4cnc([C@@H]5CCCN5C(=O)[C@@H](NC5OCO5)C(C)C)[nH]4)cc3)cc2)[nH]1. The molecule has 0 radical (unpaired) electrons. The molecule has 3 aliphatic heterocycles. The van der Waals surface area contributed by atoms with Gasteiger partial charge in [0.25, 0.3) is 0 Å². The van der Waals surface area contributed by atoms with E-state index in [1.807, 2.05) is 49.9 Å². The largest absolute Gasteiger partial charge is 0.349 e. The van der Waals surface area contributed by atoms with Crippen molar-refractivity contribution >= 4 is 17.8 Å². The van der Waals surface area contributed by atoms with Crippen molar-refractivity contribution in [2.45, 2.75) is 84.0 Å². The summed E-state index contributed by atoms with van der Waals surface area (Å²) in [6.07, 6.45) is 6.68. The van der Waals surface area contributed by atoms with Crippen LogP contribution < -0.4 is 10.6 Å². The third kappa shape index (κ3) is 8.17. The van der Waals surface area contributed by atoms with Gasteiger partial charge < -0.3 is 39.5 Å². The van der Waals surface area contributed by atoms with Crippen molar-refractivity contribution in [3.8, 4) is 33.6 Å². The number of carbonyl (C=O) groups excluding carboxylic acids is 2. The Morgan fingerprint density at radius 2 is 1.18 bits per heavy atom. The van der Waals surface area contributed by atoms with Crippen LogP contribution >= 0.6 is 0 Å². The number of rotatable bonds is 12. The molecule has 5 heterocycles. The topological polar surface area (TPSA) is 168 Å². The predicted molar refractivity (Wildman–Crippen MR) is 210 cm³/mol. The zero-order valence-electron chi connectivity index (χ0n) is 32.6. The van der Waals surface area contributed by atoms with Crippen LogP contribution in [0.3, 0.4) is 0 Å². The molecular weight excluding hydrogens is 697 g/mol. The van der Waals surface area contributed by atoms with Gasteiger partial charge in [-0.05, 0) is 59.8 Å². The molecular formula is C41H54N10O4. The highest BCUT2D eigenvalue weighted by molar-refractivity contribution is 5.88. The van der Waals surface area contributed by atoms with Crippen molar-refractivity contribution in [3.05, 3.63) is 72.6 Å². The van der Waals surface area contributed by atoms with Crippen LogP contribution in [-0.2, 0) is 19.1 Å². The lowest BCUT2D eigenvalue weighted by Crippen LogP contribution is -2.56. The molecule has 0 spiro atoms. The zero-order chi connectivity index (χ0) is 38.8. The van der Waals surface area contributed by atoms with Crippen molar-refractivity contribution < 1.29 is 19.1 Å². The van der Waals surface area contributed by atoms with Crippen LogP contribution in [0.2, 0.25) is 0 Å². The van der Waals surface area contributed by atoms with Crippen LogP contribution in [0.15, 0.2) is 60.9 Å². The molecule has 0 aliphatic carbocycles. The van der Waals surface area contributed by atoms with E-state index in [0.29, 0.717) is 13.1 Å². The Balaban J connectivity index is 0.992. The molecule has 4 atom stereocenters. The van der Waals surface area contributed by atoms with Gasteiger partial charge in [0.1, 0.15) is 17.7 Å². The van der Waals surface area contributed by atoms with E-state index in [9.17, 15) is 9.59 Å². The summed E-state index contributed by atoms with van der Waals surface area (Å²) < 4.78 is 10.7. The number of aromatic nitrogens is 4. The number of carbonyl (C=O) groups is 2. The van der Waals surface area contributed by atoms with Crippen LogP contribution in [0.1, 0.15) is 77.1 Å². The second kappa shape index (κ2) is 16.4. The van der Waals surface area contributed by atoms with E-state index in [2.05, 4.69) is 69.1 Å². The minimum Gasteiger partial charge on any atom is -0.349 e. The Morgan fingerprint density at radius 1 is 0.745 bits per heavy atom. The molecule has 2 amide bonds. The normalized spacial score (nSPS) is 19.9. The molecule has 4 aromatic rings. The first-order chi connectivity index (χ1) is 26.5. The van der Waals surface area contributed by atoms with E-state index in [1.54, 1.807) is 19.0 Å². The fourth-order valence-corrected chi connectivity index (χ4v) is 7.69. The highest BCUT2D eigenvalue weighted by Gasteiger charge is 2.39. The van der Waals surface area contributed by atoms with Crippen molar-refractivity contribution in [3.63, 3.8) is 0 Å². The lowest BCUT2D eigenvalue weighted by molar-refractivity contribution is -0.335. The van der Waals surface area contributed by atoms with Gasteiger partial charge in [-0.25, -0.2) is 9.97 Å². The highest BCUT2D eigenvalue weighted by Crippen LogP contribution is 2.35. The van der Waals surface area contributed by atoms with E-state index < -0.39 is 18.5 Å². The Labute approximate surface area is 322 Å². The third-order valence-electron chi connectivity index (χ3n) is 11.0. The summed E-state index contributed by atoms with van der Waals surface area (Å²) in [5, 5.41) is 14.6. The van der Waals surface area contributed by atoms with Gasteiger partial charge in [0, 0.05) is 27.2 Å². The molecule has 5 N–H and O–H groups in total. The molecule has 2 aromatic carbocycles. The number of likely N-dealkylation sites (tertiary alicyclic amines) is 2. The number of ether oxygens (including phenoxy) is 2. The van der Waals surface area contributed by atoms with Gasteiger partial charge in [0.2, 0.25) is 18.2 Å². The van der Waals surface area contributed by atoms with Crippen molar-refractivity contribution in [2.75, 3.05) is 34.0 Å². The second-order valence-electron chi connectivity index (χ2n) is 15.7.